The molecule has 1 aromatic carbocycles. The molecule has 0 heterocycles. The number of benzene rings is 1. The van der Waals surface area contributed by atoms with Gasteiger partial charge in [-0.25, -0.2) is 0 Å². The summed E-state index contributed by atoms with van der Waals surface area (Å²) >= 11 is 0. The average molecular weight is 235 g/mol. The normalized spacial score (nSPS) is 10.4. The summed E-state index contributed by atoms with van der Waals surface area (Å²) in [5, 5.41) is 3.27. The van der Waals surface area contributed by atoms with Crippen LogP contribution in [0.15, 0.2) is 24.3 Å². The Morgan fingerprint density at radius 3 is 2.47 bits per heavy atom. The minimum absolute atomic E-state index is 0.172. The van der Waals surface area contributed by atoms with Gasteiger partial charge >= 0.3 is 5.97 Å². The molecule has 0 aliphatic carbocycles. The topological polar surface area (TPSA) is 38.3 Å². The van der Waals surface area contributed by atoms with Crippen LogP contribution in [0.25, 0.3) is 0 Å². The van der Waals surface area contributed by atoms with Gasteiger partial charge in [0, 0.05) is 18.7 Å². The Bertz CT molecular complexity index is 344. The van der Waals surface area contributed by atoms with Crippen molar-refractivity contribution < 1.29 is 9.53 Å². The van der Waals surface area contributed by atoms with Crippen LogP contribution in [0.4, 0.5) is 5.69 Å². The van der Waals surface area contributed by atoms with Crippen LogP contribution in [0.2, 0.25) is 0 Å². The monoisotopic (exact) mass is 235 g/mol. The number of ether oxygens (including phenoxy) is 1. The summed E-state index contributed by atoms with van der Waals surface area (Å²) in [5.41, 5.74) is 1.05. The van der Waals surface area contributed by atoms with Gasteiger partial charge in [0.2, 0.25) is 0 Å². The third-order valence-electron chi connectivity index (χ3n) is 2.24. The van der Waals surface area contributed by atoms with Gasteiger partial charge in [-0.3, -0.25) is 4.79 Å². The smallest absolute Gasteiger partial charge is 0.311 e. The molecular formula is C14H21NO2. The van der Waals surface area contributed by atoms with Gasteiger partial charge in [0.25, 0.3) is 0 Å². The third-order valence-corrected chi connectivity index (χ3v) is 2.24. The van der Waals surface area contributed by atoms with Crippen LogP contribution in [-0.2, 0) is 4.79 Å². The molecule has 0 saturated heterocycles. The van der Waals surface area contributed by atoms with Crippen LogP contribution in [0.3, 0.4) is 0 Å². The standard InChI is InChI=1S/C14H21NO2/c1-4-9-15-12-5-7-13(8-6-12)17-14(16)10-11(2)3/h5-8,11,15H,4,9-10H2,1-3H3. The molecule has 0 aromatic heterocycles. The predicted octanol–water partition coefficient (Wildman–Crippen LogP) is 3.46. The van der Waals surface area contributed by atoms with Crippen molar-refractivity contribution in [3.05, 3.63) is 24.3 Å². The first-order valence-electron chi connectivity index (χ1n) is 6.16. The Morgan fingerprint density at radius 1 is 1.29 bits per heavy atom. The lowest BCUT2D eigenvalue weighted by atomic mass is 10.1. The predicted molar refractivity (Wildman–Crippen MR) is 70.3 cm³/mol. The molecular weight excluding hydrogens is 214 g/mol. The summed E-state index contributed by atoms with van der Waals surface area (Å²) in [4.78, 5) is 11.4. The molecule has 0 spiro atoms. The zero-order valence-electron chi connectivity index (χ0n) is 10.8. The summed E-state index contributed by atoms with van der Waals surface area (Å²) in [7, 11) is 0. The summed E-state index contributed by atoms with van der Waals surface area (Å²) in [5.74, 6) is 0.764. The molecule has 0 fully saturated rings. The number of hydrogen-bond acceptors (Lipinski definition) is 3. The fourth-order valence-corrected chi connectivity index (χ4v) is 1.42. The van der Waals surface area contributed by atoms with Crippen LogP contribution in [0, 0.1) is 5.92 Å². The highest BCUT2D eigenvalue weighted by atomic mass is 16.5. The van der Waals surface area contributed by atoms with Gasteiger partial charge in [-0.2, -0.15) is 0 Å². The van der Waals surface area contributed by atoms with Crippen LogP contribution in [0.1, 0.15) is 33.6 Å². The molecule has 0 bridgehead atoms. The molecule has 1 aromatic rings. The summed E-state index contributed by atoms with van der Waals surface area (Å²) in [6.07, 6.45) is 1.54. The lowest BCUT2D eigenvalue weighted by Crippen LogP contribution is -2.10. The van der Waals surface area contributed by atoms with Gasteiger partial charge < -0.3 is 10.1 Å². The minimum Gasteiger partial charge on any atom is -0.427 e. The van der Waals surface area contributed by atoms with E-state index in [2.05, 4.69) is 12.2 Å². The molecule has 1 rings (SSSR count). The maximum atomic E-state index is 11.4. The number of carbonyl (C=O) groups is 1. The van der Waals surface area contributed by atoms with Crippen LogP contribution < -0.4 is 10.1 Å². The molecule has 0 aliphatic rings. The SMILES string of the molecule is CCCNc1ccc(OC(=O)CC(C)C)cc1. The highest BCUT2D eigenvalue weighted by Crippen LogP contribution is 2.16. The molecule has 0 unspecified atom stereocenters. The number of rotatable bonds is 6. The Hall–Kier alpha value is -1.51. The Balaban J connectivity index is 2.47. The average Bonchev–Trinajstić information content (AvgIpc) is 2.27. The quantitative estimate of drug-likeness (QED) is 0.606. The summed E-state index contributed by atoms with van der Waals surface area (Å²) < 4.78 is 5.22. The highest BCUT2D eigenvalue weighted by Gasteiger charge is 2.07. The van der Waals surface area contributed by atoms with Gasteiger partial charge in [-0.15, -0.1) is 0 Å². The fraction of sp³-hybridized carbons (Fsp3) is 0.500. The van der Waals surface area contributed by atoms with Crippen LogP contribution >= 0.6 is 0 Å². The molecule has 0 saturated carbocycles. The molecule has 0 amide bonds. The maximum absolute atomic E-state index is 11.4. The van der Waals surface area contributed by atoms with Gasteiger partial charge in [-0.1, -0.05) is 20.8 Å². The number of carbonyl (C=O) groups excluding carboxylic acids is 1. The Labute approximate surface area is 103 Å². The molecule has 3 nitrogen and oxygen atoms in total. The number of esters is 1. The summed E-state index contributed by atoms with van der Waals surface area (Å²) in [6.45, 7) is 7.07. The number of hydrogen-bond donors (Lipinski definition) is 1. The Morgan fingerprint density at radius 2 is 1.94 bits per heavy atom. The van der Waals surface area contributed by atoms with E-state index in [1.54, 1.807) is 0 Å². The van der Waals surface area contributed by atoms with E-state index in [1.807, 2.05) is 38.1 Å². The zero-order valence-corrected chi connectivity index (χ0v) is 10.8. The van der Waals surface area contributed by atoms with Gasteiger partial charge in [0.05, 0.1) is 0 Å². The zero-order chi connectivity index (χ0) is 12.7. The van der Waals surface area contributed by atoms with E-state index < -0.39 is 0 Å². The van der Waals surface area contributed by atoms with Crippen LogP contribution in [-0.4, -0.2) is 12.5 Å². The largest absolute Gasteiger partial charge is 0.427 e. The van der Waals surface area contributed by atoms with E-state index in [1.165, 1.54) is 0 Å². The van der Waals surface area contributed by atoms with E-state index in [-0.39, 0.29) is 5.97 Å². The molecule has 0 radical (unpaired) electrons. The van der Waals surface area contributed by atoms with Crippen molar-refractivity contribution in [1.82, 2.24) is 0 Å². The first-order valence-corrected chi connectivity index (χ1v) is 6.16. The van der Waals surface area contributed by atoms with Crippen molar-refractivity contribution in [2.75, 3.05) is 11.9 Å². The fourth-order valence-electron chi connectivity index (χ4n) is 1.42. The molecule has 0 aliphatic heterocycles. The van der Waals surface area contributed by atoms with Crippen molar-refractivity contribution in [3.63, 3.8) is 0 Å². The van der Waals surface area contributed by atoms with E-state index in [0.717, 1.165) is 18.7 Å². The second kappa shape index (κ2) is 6.94. The number of anilines is 1. The van der Waals surface area contributed by atoms with Crippen molar-refractivity contribution in [3.8, 4) is 5.75 Å². The first-order chi connectivity index (χ1) is 8.11. The van der Waals surface area contributed by atoms with Crippen molar-refractivity contribution in [2.45, 2.75) is 33.6 Å². The molecule has 3 heteroatoms. The van der Waals surface area contributed by atoms with E-state index >= 15 is 0 Å². The number of nitrogens with one attached hydrogen (secondary N) is 1. The van der Waals surface area contributed by atoms with Crippen molar-refractivity contribution in [1.29, 1.82) is 0 Å². The molecule has 17 heavy (non-hydrogen) atoms. The second-order valence-corrected chi connectivity index (χ2v) is 4.52. The Kier molecular flexibility index (Phi) is 5.53. The van der Waals surface area contributed by atoms with E-state index in [0.29, 0.717) is 18.1 Å². The molecule has 1 N–H and O–H groups in total. The van der Waals surface area contributed by atoms with Gasteiger partial charge in [-0.05, 0) is 36.6 Å². The van der Waals surface area contributed by atoms with Crippen molar-refractivity contribution >= 4 is 11.7 Å². The van der Waals surface area contributed by atoms with Gasteiger partial charge in [0.15, 0.2) is 0 Å². The third kappa shape index (κ3) is 5.38. The minimum atomic E-state index is -0.172. The maximum Gasteiger partial charge on any atom is 0.311 e. The summed E-state index contributed by atoms with van der Waals surface area (Å²) in [6, 6.07) is 7.48. The lowest BCUT2D eigenvalue weighted by Gasteiger charge is -2.08. The van der Waals surface area contributed by atoms with Crippen molar-refractivity contribution in [2.24, 2.45) is 5.92 Å². The van der Waals surface area contributed by atoms with E-state index in [9.17, 15) is 4.79 Å². The van der Waals surface area contributed by atoms with Crippen LogP contribution in [0.5, 0.6) is 5.75 Å². The van der Waals surface area contributed by atoms with E-state index in [4.69, 9.17) is 4.74 Å². The lowest BCUT2D eigenvalue weighted by molar-refractivity contribution is -0.135. The second-order valence-electron chi connectivity index (χ2n) is 4.52. The molecule has 0 atom stereocenters. The van der Waals surface area contributed by atoms with Gasteiger partial charge in [0.1, 0.15) is 5.75 Å². The first kappa shape index (κ1) is 13.6. The highest BCUT2D eigenvalue weighted by molar-refractivity contribution is 5.72. The molecule has 94 valence electrons.